The van der Waals surface area contributed by atoms with Crippen LogP contribution in [-0.4, -0.2) is 0 Å². The van der Waals surface area contributed by atoms with Crippen molar-refractivity contribution in [2.75, 3.05) is 4.90 Å². The molecular formula is C72H45F6N. The van der Waals surface area contributed by atoms with Crippen LogP contribution in [0.15, 0.2) is 250 Å². The van der Waals surface area contributed by atoms with Gasteiger partial charge in [-0.2, -0.15) is 0 Å². The van der Waals surface area contributed by atoms with Crippen LogP contribution in [0.3, 0.4) is 0 Å². The molecule has 0 fully saturated rings. The van der Waals surface area contributed by atoms with Crippen LogP contribution < -0.4 is 4.90 Å². The predicted octanol–water partition coefficient (Wildman–Crippen LogP) is 19.3. The Morgan fingerprint density at radius 1 is 0.278 bits per heavy atom. The molecule has 0 spiro atoms. The lowest BCUT2D eigenvalue weighted by atomic mass is 9.67. The summed E-state index contributed by atoms with van der Waals surface area (Å²) in [5.41, 5.74) is 11.3. The second-order valence-corrected chi connectivity index (χ2v) is 20.0. The largest absolute Gasteiger partial charge is 0.310 e. The predicted molar refractivity (Wildman–Crippen MR) is 307 cm³/mol. The van der Waals surface area contributed by atoms with Gasteiger partial charge in [0.05, 0.1) is 10.8 Å². The topological polar surface area (TPSA) is 3.24 Å². The molecule has 2 aliphatic rings. The molecule has 0 radical (unpaired) electrons. The van der Waals surface area contributed by atoms with E-state index >= 15 is 26.3 Å². The van der Waals surface area contributed by atoms with Gasteiger partial charge in [0.2, 0.25) is 0 Å². The normalized spacial score (nSPS) is 15.7. The summed E-state index contributed by atoms with van der Waals surface area (Å²) in [5, 5.41) is 0. The Morgan fingerprint density at radius 2 is 0.658 bits per heavy atom. The smallest absolute Gasteiger partial charge is 0.161 e. The van der Waals surface area contributed by atoms with Gasteiger partial charge in [0.15, 0.2) is 23.3 Å². The van der Waals surface area contributed by atoms with E-state index in [9.17, 15) is 0 Å². The number of benzene rings is 11. The number of nitrogens with zero attached hydrogens (tertiary/aromatic N) is 1. The van der Waals surface area contributed by atoms with Crippen molar-refractivity contribution < 1.29 is 26.3 Å². The van der Waals surface area contributed by atoms with E-state index < -0.39 is 45.7 Å². The molecule has 0 aromatic heterocycles. The van der Waals surface area contributed by atoms with Crippen molar-refractivity contribution in [3.8, 4) is 44.5 Å². The summed E-state index contributed by atoms with van der Waals surface area (Å²) >= 11 is 0. The van der Waals surface area contributed by atoms with Crippen LogP contribution in [0, 0.1) is 34.9 Å². The lowest BCUT2D eigenvalue weighted by molar-refractivity contribution is 0.484. The van der Waals surface area contributed by atoms with Gasteiger partial charge in [0.25, 0.3) is 0 Å². The van der Waals surface area contributed by atoms with E-state index in [0.29, 0.717) is 62.6 Å². The van der Waals surface area contributed by atoms with Crippen LogP contribution in [0.4, 0.5) is 43.4 Å². The minimum Gasteiger partial charge on any atom is -0.310 e. The Morgan fingerprint density at radius 3 is 1.11 bits per heavy atom. The number of halogens is 6. The van der Waals surface area contributed by atoms with Crippen molar-refractivity contribution in [3.05, 3.63) is 340 Å². The molecule has 1 nitrogen and oxygen atoms in total. The molecule has 11 aromatic rings. The van der Waals surface area contributed by atoms with Gasteiger partial charge >= 0.3 is 0 Å². The maximum Gasteiger partial charge on any atom is 0.161 e. The van der Waals surface area contributed by atoms with Crippen molar-refractivity contribution in [2.45, 2.75) is 10.8 Å². The molecule has 2 atom stereocenters. The first kappa shape index (κ1) is 48.9. The van der Waals surface area contributed by atoms with Crippen molar-refractivity contribution in [2.24, 2.45) is 0 Å². The molecule has 0 heterocycles. The van der Waals surface area contributed by atoms with Crippen LogP contribution in [0.1, 0.15) is 55.6 Å². The van der Waals surface area contributed by atoms with E-state index in [1.807, 2.05) is 182 Å². The second kappa shape index (κ2) is 19.1. The zero-order chi connectivity index (χ0) is 54.2. The Bertz CT molecular complexity index is 4030. The number of hydrogen-bond acceptors (Lipinski definition) is 1. The highest BCUT2D eigenvalue weighted by Crippen LogP contribution is 2.60. The Labute approximate surface area is 454 Å². The van der Waals surface area contributed by atoms with E-state index in [0.717, 1.165) is 67.8 Å². The third-order valence-corrected chi connectivity index (χ3v) is 16.0. The standard InChI is InChI=1S/C72H45F6N/c1-3-44-21-27-50(28-22-44)71(63-40-67(75)69(77)42-65(63)73)59-19-10-8-17-55(59)57-35-33-53(38-61(57)71)79(52-31-25-47(26-32-52)49-16-12-15-48(37-49)46-13-6-5-7-14-46)54-34-36-58-56-18-9-11-20-60(56)72(62(58)39-54,51-29-23-45(4-2)24-30-51)64-41-68(76)70(78)43-66(64)74/h3-43H,1-2H2. The van der Waals surface area contributed by atoms with E-state index in [1.54, 1.807) is 12.2 Å². The van der Waals surface area contributed by atoms with E-state index in [4.69, 9.17) is 0 Å². The van der Waals surface area contributed by atoms with Gasteiger partial charge in [-0.25, -0.2) is 26.3 Å². The zero-order valence-corrected chi connectivity index (χ0v) is 42.3. The maximum atomic E-state index is 17.0. The molecule has 0 amide bonds. The molecule has 0 saturated carbocycles. The van der Waals surface area contributed by atoms with Crippen LogP contribution >= 0.6 is 0 Å². The quantitative estimate of drug-likeness (QED) is 0.0922. The molecule has 0 N–H and O–H groups in total. The summed E-state index contributed by atoms with van der Waals surface area (Å²) in [7, 11) is 0. The summed E-state index contributed by atoms with van der Waals surface area (Å²) in [6.07, 6.45) is 3.40. The lowest BCUT2D eigenvalue weighted by Crippen LogP contribution is -2.31. The van der Waals surface area contributed by atoms with Gasteiger partial charge in [0.1, 0.15) is 11.6 Å². The Kier molecular flexibility index (Phi) is 11.8. The number of fused-ring (bicyclic) bond motifs is 6. The first-order chi connectivity index (χ1) is 38.5. The van der Waals surface area contributed by atoms with Crippen LogP contribution in [-0.2, 0) is 10.8 Å². The first-order valence-corrected chi connectivity index (χ1v) is 25.8. The van der Waals surface area contributed by atoms with E-state index in [-0.39, 0.29) is 11.1 Å². The fourth-order valence-electron chi connectivity index (χ4n) is 12.4. The maximum absolute atomic E-state index is 17.0. The number of anilines is 3. The minimum absolute atomic E-state index is 0.0779. The molecule has 11 aromatic carbocycles. The molecule has 0 bridgehead atoms. The molecule has 380 valence electrons. The highest BCUT2D eigenvalue weighted by molar-refractivity contribution is 5.93. The van der Waals surface area contributed by atoms with E-state index in [2.05, 4.69) is 48.4 Å². The van der Waals surface area contributed by atoms with Crippen LogP contribution in [0.2, 0.25) is 0 Å². The second-order valence-electron chi connectivity index (χ2n) is 20.0. The summed E-state index contributed by atoms with van der Waals surface area (Å²) in [6, 6.07) is 71.7. The molecule has 7 heteroatoms. The highest BCUT2D eigenvalue weighted by Gasteiger charge is 2.50. The fourth-order valence-corrected chi connectivity index (χ4v) is 12.4. The summed E-state index contributed by atoms with van der Waals surface area (Å²) in [5.74, 6) is -6.87. The molecule has 0 aliphatic heterocycles. The lowest BCUT2D eigenvalue weighted by Gasteiger charge is -2.36. The Balaban J connectivity index is 1.08. The van der Waals surface area contributed by atoms with Gasteiger partial charge in [-0.1, -0.05) is 195 Å². The van der Waals surface area contributed by atoms with Crippen molar-refractivity contribution in [3.63, 3.8) is 0 Å². The van der Waals surface area contributed by atoms with Crippen molar-refractivity contribution in [1.82, 2.24) is 0 Å². The van der Waals surface area contributed by atoms with E-state index in [1.165, 1.54) is 0 Å². The molecule has 2 unspecified atom stereocenters. The summed E-state index contributed by atoms with van der Waals surface area (Å²) in [6.45, 7) is 7.91. The summed E-state index contributed by atoms with van der Waals surface area (Å²) < 4.78 is 96.0. The average Bonchev–Trinajstić information content (AvgIpc) is 3.98. The molecule has 2 aliphatic carbocycles. The van der Waals surface area contributed by atoms with Gasteiger partial charge in [-0.05, 0) is 144 Å². The number of rotatable bonds is 11. The first-order valence-electron chi connectivity index (χ1n) is 25.8. The molecular weight excluding hydrogens is 993 g/mol. The highest BCUT2D eigenvalue weighted by atomic mass is 19.2. The average molecular weight is 1040 g/mol. The third kappa shape index (κ3) is 7.63. The van der Waals surface area contributed by atoms with Gasteiger partial charge in [0, 0.05) is 40.3 Å². The van der Waals surface area contributed by atoms with Crippen LogP contribution in [0.25, 0.3) is 56.7 Å². The third-order valence-electron chi connectivity index (χ3n) is 16.0. The van der Waals surface area contributed by atoms with Gasteiger partial charge < -0.3 is 4.90 Å². The zero-order valence-electron chi connectivity index (χ0n) is 42.3. The molecule has 0 saturated heterocycles. The monoisotopic (exact) mass is 1040 g/mol. The summed E-state index contributed by atoms with van der Waals surface area (Å²) in [4.78, 5) is 2.05. The number of hydrogen-bond donors (Lipinski definition) is 0. The Hall–Kier alpha value is -9.72. The van der Waals surface area contributed by atoms with Crippen molar-refractivity contribution >= 4 is 29.2 Å². The van der Waals surface area contributed by atoms with Crippen LogP contribution in [0.5, 0.6) is 0 Å². The molecule has 13 rings (SSSR count). The minimum atomic E-state index is -1.52. The van der Waals surface area contributed by atoms with Crippen molar-refractivity contribution in [1.29, 1.82) is 0 Å². The molecule has 79 heavy (non-hydrogen) atoms. The SMILES string of the molecule is C=Cc1ccc(C2(c3cc(F)c(F)cc3F)c3ccccc3-c3ccc(N(c4ccc(-c5cccc(-c6ccccc6)c5)cc4)c4ccc5c(c4)C(c4ccc(C=C)cc4)(c4cc(F)c(F)cc4F)c4ccccc4-5)cc32)cc1. The van der Waals surface area contributed by atoms with Gasteiger partial charge in [-0.15, -0.1) is 0 Å². The fraction of sp³-hybridized carbons (Fsp3) is 0.0278. The van der Waals surface area contributed by atoms with Gasteiger partial charge in [-0.3, -0.25) is 0 Å².